The fourth-order valence-electron chi connectivity index (χ4n) is 1.39. The number of anilines is 1. The van der Waals surface area contributed by atoms with E-state index in [0.717, 1.165) is 5.69 Å². The Morgan fingerprint density at radius 3 is 2.82 bits per heavy atom. The summed E-state index contributed by atoms with van der Waals surface area (Å²) in [7, 11) is -3.24. The van der Waals surface area contributed by atoms with Gasteiger partial charge in [0.2, 0.25) is 10.0 Å². The molecule has 0 unspecified atom stereocenters. The Bertz CT molecular complexity index is 591. The maximum atomic E-state index is 11.4. The van der Waals surface area contributed by atoms with E-state index in [1.165, 1.54) is 0 Å². The zero-order valence-electron chi connectivity index (χ0n) is 9.37. The van der Waals surface area contributed by atoms with E-state index in [-0.39, 0.29) is 5.75 Å². The molecule has 0 saturated carbocycles. The van der Waals surface area contributed by atoms with E-state index >= 15 is 0 Å². The molecule has 0 atom stereocenters. The van der Waals surface area contributed by atoms with Crippen molar-refractivity contribution in [2.75, 3.05) is 10.5 Å². The molecule has 90 valence electrons. The van der Waals surface area contributed by atoms with Crippen molar-refractivity contribution in [3.05, 3.63) is 42.7 Å². The van der Waals surface area contributed by atoms with Gasteiger partial charge in [-0.25, -0.2) is 13.1 Å². The Labute approximate surface area is 100 Å². The van der Waals surface area contributed by atoms with Gasteiger partial charge in [0.15, 0.2) is 0 Å². The number of benzene rings is 1. The second-order valence-corrected chi connectivity index (χ2v) is 5.52. The zero-order valence-corrected chi connectivity index (χ0v) is 10.2. The fourth-order valence-corrected chi connectivity index (χ4v) is 2.02. The van der Waals surface area contributed by atoms with Crippen LogP contribution in [0.2, 0.25) is 0 Å². The van der Waals surface area contributed by atoms with Gasteiger partial charge in [0.1, 0.15) is 0 Å². The zero-order chi connectivity index (χ0) is 12.3. The Morgan fingerprint density at radius 2 is 2.18 bits per heavy atom. The largest absolute Gasteiger partial charge is 0.283 e. The van der Waals surface area contributed by atoms with Gasteiger partial charge in [0.25, 0.3) is 0 Å². The first-order valence-corrected chi connectivity index (χ1v) is 6.86. The van der Waals surface area contributed by atoms with Crippen LogP contribution in [-0.4, -0.2) is 24.0 Å². The van der Waals surface area contributed by atoms with Crippen LogP contribution in [0.15, 0.2) is 42.7 Å². The first kappa shape index (κ1) is 11.7. The first-order chi connectivity index (χ1) is 8.11. The molecule has 0 aliphatic carbocycles. The molecule has 0 amide bonds. The molecule has 0 aliphatic rings. The highest BCUT2D eigenvalue weighted by Gasteiger charge is 2.07. The Morgan fingerprint density at radius 1 is 1.35 bits per heavy atom. The summed E-state index contributed by atoms with van der Waals surface area (Å²) in [5, 5.41) is 4.08. The molecular weight excluding hydrogens is 238 g/mol. The van der Waals surface area contributed by atoms with Gasteiger partial charge in [-0.3, -0.25) is 4.72 Å². The van der Waals surface area contributed by atoms with Crippen LogP contribution in [0.25, 0.3) is 5.69 Å². The highest BCUT2D eigenvalue weighted by molar-refractivity contribution is 7.92. The van der Waals surface area contributed by atoms with Crippen molar-refractivity contribution in [1.82, 2.24) is 9.78 Å². The highest BCUT2D eigenvalue weighted by Crippen LogP contribution is 2.15. The number of hydrogen-bond donors (Lipinski definition) is 1. The third kappa shape index (κ3) is 2.85. The summed E-state index contributed by atoms with van der Waals surface area (Å²) in [4.78, 5) is 0. The minimum absolute atomic E-state index is 0.0546. The summed E-state index contributed by atoms with van der Waals surface area (Å²) in [6.07, 6.45) is 3.47. The maximum Gasteiger partial charge on any atom is 0.232 e. The van der Waals surface area contributed by atoms with Crippen molar-refractivity contribution in [2.45, 2.75) is 6.92 Å². The van der Waals surface area contributed by atoms with Gasteiger partial charge in [-0.2, -0.15) is 5.10 Å². The first-order valence-electron chi connectivity index (χ1n) is 5.21. The molecular formula is C11H13N3O2S. The normalized spacial score (nSPS) is 11.4. The van der Waals surface area contributed by atoms with E-state index in [1.807, 2.05) is 12.1 Å². The quantitative estimate of drug-likeness (QED) is 0.898. The molecule has 2 rings (SSSR count). The van der Waals surface area contributed by atoms with Crippen LogP contribution in [0.3, 0.4) is 0 Å². The molecule has 17 heavy (non-hydrogen) atoms. The summed E-state index contributed by atoms with van der Waals surface area (Å²) in [6, 6.07) is 8.89. The summed E-state index contributed by atoms with van der Waals surface area (Å²) in [5.74, 6) is 0.0546. The Hall–Kier alpha value is -1.82. The van der Waals surface area contributed by atoms with Crippen molar-refractivity contribution in [1.29, 1.82) is 0 Å². The van der Waals surface area contributed by atoms with Gasteiger partial charge >= 0.3 is 0 Å². The van der Waals surface area contributed by atoms with Crippen LogP contribution in [0, 0.1) is 0 Å². The predicted octanol–water partition coefficient (Wildman–Crippen LogP) is 1.63. The minimum atomic E-state index is -3.24. The predicted molar refractivity (Wildman–Crippen MR) is 66.6 cm³/mol. The van der Waals surface area contributed by atoms with Crippen molar-refractivity contribution < 1.29 is 8.42 Å². The van der Waals surface area contributed by atoms with Crippen LogP contribution in [0.1, 0.15) is 6.92 Å². The van der Waals surface area contributed by atoms with E-state index in [4.69, 9.17) is 0 Å². The number of rotatable bonds is 4. The van der Waals surface area contributed by atoms with E-state index in [9.17, 15) is 8.42 Å². The minimum Gasteiger partial charge on any atom is -0.283 e. The smallest absolute Gasteiger partial charge is 0.232 e. The van der Waals surface area contributed by atoms with Crippen LogP contribution in [0.4, 0.5) is 5.69 Å². The Balaban J connectivity index is 2.30. The number of nitrogens with one attached hydrogen (secondary N) is 1. The standard InChI is InChI=1S/C11H13N3O2S/c1-2-17(15,16)13-10-5-3-6-11(9-10)14-8-4-7-12-14/h3-9,13H,2H2,1H3. The van der Waals surface area contributed by atoms with E-state index in [0.29, 0.717) is 5.69 Å². The molecule has 0 bridgehead atoms. The van der Waals surface area contributed by atoms with Crippen LogP contribution < -0.4 is 4.72 Å². The molecule has 0 saturated heterocycles. The van der Waals surface area contributed by atoms with Crippen LogP contribution in [-0.2, 0) is 10.0 Å². The molecule has 0 radical (unpaired) electrons. The lowest BCUT2D eigenvalue weighted by molar-refractivity contribution is 0.602. The monoisotopic (exact) mass is 251 g/mol. The molecule has 1 aromatic heterocycles. The number of aromatic nitrogens is 2. The maximum absolute atomic E-state index is 11.4. The lowest BCUT2D eigenvalue weighted by Gasteiger charge is -2.07. The van der Waals surface area contributed by atoms with Gasteiger partial charge in [-0.05, 0) is 31.2 Å². The molecule has 2 aromatic rings. The van der Waals surface area contributed by atoms with Gasteiger partial charge in [0.05, 0.1) is 17.1 Å². The van der Waals surface area contributed by atoms with Crippen molar-refractivity contribution in [3.63, 3.8) is 0 Å². The highest BCUT2D eigenvalue weighted by atomic mass is 32.2. The van der Waals surface area contributed by atoms with E-state index in [1.54, 1.807) is 42.2 Å². The van der Waals surface area contributed by atoms with Crippen molar-refractivity contribution >= 4 is 15.7 Å². The lowest BCUT2D eigenvalue weighted by Crippen LogP contribution is -2.14. The average Bonchev–Trinajstić information content (AvgIpc) is 2.82. The molecule has 0 aliphatic heterocycles. The number of sulfonamides is 1. The SMILES string of the molecule is CCS(=O)(=O)Nc1cccc(-n2cccn2)c1. The molecule has 6 heteroatoms. The van der Waals surface area contributed by atoms with Gasteiger partial charge in [-0.1, -0.05) is 6.07 Å². The number of hydrogen-bond acceptors (Lipinski definition) is 3. The van der Waals surface area contributed by atoms with Gasteiger partial charge < -0.3 is 0 Å². The van der Waals surface area contributed by atoms with Gasteiger partial charge in [0, 0.05) is 12.4 Å². The second-order valence-electron chi connectivity index (χ2n) is 3.51. The third-order valence-electron chi connectivity index (χ3n) is 2.27. The van der Waals surface area contributed by atoms with E-state index in [2.05, 4.69) is 9.82 Å². The second kappa shape index (κ2) is 4.58. The molecule has 1 N–H and O–H groups in total. The fraction of sp³-hybridized carbons (Fsp3) is 0.182. The van der Waals surface area contributed by atoms with Crippen molar-refractivity contribution in [3.8, 4) is 5.69 Å². The lowest BCUT2D eigenvalue weighted by atomic mass is 10.3. The average molecular weight is 251 g/mol. The molecule has 0 fully saturated rings. The molecule has 1 heterocycles. The molecule has 5 nitrogen and oxygen atoms in total. The molecule has 0 spiro atoms. The van der Waals surface area contributed by atoms with Crippen LogP contribution in [0.5, 0.6) is 0 Å². The summed E-state index contributed by atoms with van der Waals surface area (Å²) in [6.45, 7) is 1.60. The topological polar surface area (TPSA) is 64.0 Å². The van der Waals surface area contributed by atoms with Gasteiger partial charge in [-0.15, -0.1) is 0 Å². The van der Waals surface area contributed by atoms with Crippen molar-refractivity contribution in [2.24, 2.45) is 0 Å². The summed E-state index contributed by atoms with van der Waals surface area (Å²) in [5.41, 5.74) is 1.35. The van der Waals surface area contributed by atoms with E-state index < -0.39 is 10.0 Å². The summed E-state index contributed by atoms with van der Waals surface area (Å²) < 4.78 is 27.0. The Kier molecular flexibility index (Phi) is 3.14. The van der Waals surface area contributed by atoms with Crippen LogP contribution >= 0.6 is 0 Å². The molecule has 1 aromatic carbocycles. The number of nitrogens with zero attached hydrogens (tertiary/aromatic N) is 2. The summed E-state index contributed by atoms with van der Waals surface area (Å²) >= 11 is 0. The third-order valence-corrected chi connectivity index (χ3v) is 3.58.